The molecule has 1 atom stereocenters. The minimum atomic E-state index is -0.453. The molecule has 6 nitrogen and oxygen atoms in total. The van der Waals surface area contributed by atoms with Crippen molar-refractivity contribution >= 4 is 6.09 Å². The average molecular weight is 266 g/mol. The van der Waals surface area contributed by atoms with Gasteiger partial charge in [0.1, 0.15) is 5.60 Å². The van der Waals surface area contributed by atoms with E-state index in [1.54, 1.807) is 9.58 Å². The van der Waals surface area contributed by atoms with Gasteiger partial charge in [-0.3, -0.25) is 4.68 Å². The highest BCUT2D eigenvalue weighted by atomic mass is 16.6. The van der Waals surface area contributed by atoms with Gasteiger partial charge in [0.05, 0.1) is 12.2 Å². The maximum absolute atomic E-state index is 12.1. The van der Waals surface area contributed by atoms with Crippen LogP contribution in [0.4, 0.5) is 4.79 Å². The predicted octanol–water partition coefficient (Wildman–Crippen LogP) is 1.30. The fourth-order valence-corrected chi connectivity index (χ4v) is 2.09. The van der Waals surface area contributed by atoms with Gasteiger partial charge in [0.15, 0.2) is 0 Å². The van der Waals surface area contributed by atoms with E-state index < -0.39 is 5.60 Å². The van der Waals surface area contributed by atoms with E-state index in [-0.39, 0.29) is 12.1 Å². The molecule has 1 unspecified atom stereocenters. The van der Waals surface area contributed by atoms with Crippen LogP contribution < -0.4 is 5.32 Å². The van der Waals surface area contributed by atoms with Gasteiger partial charge in [-0.15, -0.1) is 0 Å². The Kier molecular flexibility index (Phi) is 3.80. The van der Waals surface area contributed by atoms with Crippen molar-refractivity contribution in [2.45, 2.75) is 32.4 Å². The van der Waals surface area contributed by atoms with E-state index in [4.69, 9.17) is 4.74 Å². The summed E-state index contributed by atoms with van der Waals surface area (Å²) in [6.45, 7) is 7.69. The van der Waals surface area contributed by atoms with E-state index in [1.165, 1.54) is 0 Å². The number of aromatic nitrogens is 2. The standard InChI is InChI=1S/C13H22N4O2/c1-13(2,3)19-12(18)17-6-5-14-11(9-17)10-7-15-16(4)8-10/h7-8,11,14H,5-6,9H2,1-4H3. The van der Waals surface area contributed by atoms with Crippen molar-refractivity contribution in [3.8, 4) is 0 Å². The van der Waals surface area contributed by atoms with E-state index >= 15 is 0 Å². The van der Waals surface area contributed by atoms with Crippen molar-refractivity contribution in [3.63, 3.8) is 0 Å². The molecule has 0 aromatic carbocycles. The summed E-state index contributed by atoms with van der Waals surface area (Å²) in [5, 5.41) is 7.56. The molecule has 106 valence electrons. The molecule has 2 rings (SSSR count). The molecule has 0 spiro atoms. The highest BCUT2D eigenvalue weighted by Crippen LogP contribution is 2.18. The van der Waals surface area contributed by atoms with Crippen molar-refractivity contribution in [2.24, 2.45) is 7.05 Å². The Hall–Kier alpha value is -1.56. The molecule has 1 amide bonds. The van der Waals surface area contributed by atoms with E-state index in [0.29, 0.717) is 13.1 Å². The van der Waals surface area contributed by atoms with Crippen LogP contribution in [-0.4, -0.2) is 46.0 Å². The lowest BCUT2D eigenvalue weighted by Crippen LogP contribution is -2.49. The third-order valence-electron chi connectivity index (χ3n) is 2.95. The van der Waals surface area contributed by atoms with Gasteiger partial charge in [0.25, 0.3) is 0 Å². The van der Waals surface area contributed by atoms with Gasteiger partial charge in [0, 0.05) is 38.4 Å². The molecule has 6 heteroatoms. The second kappa shape index (κ2) is 5.21. The normalized spacial score (nSPS) is 20.4. The largest absolute Gasteiger partial charge is 0.444 e. The number of nitrogens with one attached hydrogen (secondary N) is 1. The first-order valence-electron chi connectivity index (χ1n) is 6.55. The van der Waals surface area contributed by atoms with E-state index in [2.05, 4.69) is 10.4 Å². The summed E-state index contributed by atoms with van der Waals surface area (Å²) in [5.74, 6) is 0. The molecule has 1 saturated heterocycles. The Morgan fingerprint density at radius 3 is 2.84 bits per heavy atom. The fourth-order valence-electron chi connectivity index (χ4n) is 2.09. The second-order valence-electron chi connectivity index (χ2n) is 5.88. The third kappa shape index (κ3) is 3.70. The first kappa shape index (κ1) is 13.9. The first-order chi connectivity index (χ1) is 8.85. The zero-order valence-corrected chi connectivity index (χ0v) is 12.0. The summed E-state index contributed by atoms with van der Waals surface area (Å²) in [6.07, 6.45) is 3.55. The highest BCUT2D eigenvalue weighted by molar-refractivity contribution is 5.68. The van der Waals surface area contributed by atoms with Crippen molar-refractivity contribution in [1.29, 1.82) is 0 Å². The Morgan fingerprint density at radius 1 is 1.53 bits per heavy atom. The summed E-state index contributed by atoms with van der Waals surface area (Å²) in [4.78, 5) is 13.8. The molecular weight excluding hydrogens is 244 g/mol. The number of hydrogen-bond donors (Lipinski definition) is 1. The lowest BCUT2D eigenvalue weighted by Gasteiger charge is -2.34. The second-order valence-corrected chi connectivity index (χ2v) is 5.88. The Bertz CT molecular complexity index is 450. The number of amides is 1. The van der Waals surface area contributed by atoms with Gasteiger partial charge in [-0.25, -0.2) is 4.79 Å². The molecule has 1 N–H and O–H groups in total. The lowest BCUT2D eigenvalue weighted by molar-refractivity contribution is 0.0195. The number of carbonyl (C=O) groups excluding carboxylic acids is 1. The number of ether oxygens (including phenoxy) is 1. The number of hydrogen-bond acceptors (Lipinski definition) is 4. The Balaban J connectivity index is 1.99. The summed E-state index contributed by atoms with van der Waals surface area (Å²) >= 11 is 0. The zero-order valence-electron chi connectivity index (χ0n) is 12.0. The third-order valence-corrected chi connectivity index (χ3v) is 2.95. The van der Waals surface area contributed by atoms with Crippen LogP contribution in [0.5, 0.6) is 0 Å². The smallest absolute Gasteiger partial charge is 0.410 e. The molecular formula is C13H22N4O2. The maximum Gasteiger partial charge on any atom is 0.410 e. The zero-order chi connectivity index (χ0) is 14.0. The van der Waals surface area contributed by atoms with Crippen LogP contribution >= 0.6 is 0 Å². The number of nitrogens with zero attached hydrogens (tertiary/aromatic N) is 3. The molecule has 1 aromatic heterocycles. The molecule has 2 heterocycles. The van der Waals surface area contributed by atoms with Gasteiger partial charge < -0.3 is 15.0 Å². The average Bonchev–Trinajstić information content (AvgIpc) is 2.74. The van der Waals surface area contributed by atoms with E-state index in [1.807, 2.05) is 40.2 Å². The Morgan fingerprint density at radius 2 is 2.26 bits per heavy atom. The topological polar surface area (TPSA) is 59.4 Å². The van der Waals surface area contributed by atoms with Gasteiger partial charge in [-0.1, -0.05) is 0 Å². The summed E-state index contributed by atoms with van der Waals surface area (Å²) in [7, 11) is 1.89. The summed E-state index contributed by atoms with van der Waals surface area (Å²) in [5.41, 5.74) is 0.641. The van der Waals surface area contributed by atoms with Crippen LogP contribution in [0.1, 0.15) is 32.4 Å². The molecule has 0 bridgehead atoms. The molecule has 19 heavy (non-hydrogen) atoms. The molecule has 1 fully saturated rings. The van der Waals surface area contributed by atoms with Crippen LogP contribution in [0, 0.1) is 0 Å². The monoisotopic (exact) mass is 266 g/mol. The fraction of sp³-hybridized carbons (Fsp3) is 0.692. The summed E-state index contributed by atoms with van der Waals surface area (Å²) in [6, 6.07) is 0.120. The van der Waals surface area contributed by atoms with Crippen molar-refractivity contribution in [2.75, 3.05) is 19.6 Å². The minimum absolute atomic E-state index is 0.120. The van der Waals surface area contributed by atoms with Crippen LogP contribution in [0.2, 0.25) is 0 Å². The van der Waals surface area contributed by atoms with Crippen LogP contribution in [0.15, 0.2) is 12.4 Å². The molecule has 1 aliphatic heterocycles. The molecule has 0 aliphatic carbocycles. The van der Waals surface area contributed by atoms with Crippen LogP contribution in [0.3, 0.4) is 0 Å². The number of carbonyl (C=O) groups is 1. The highest BCUT2D eigenvalue weighted by Gasteiger charge is 2.28. The van der Waals surface area contributed by atoms with Gasteiger partial charge >= 0.3 is 6.09 Å². The lowest BCUT2D eigenvalue weighted by atomic mass is 10.1. The van der Waals surface area contributed by atoms with Gasteiger partial charge in [0.2, 0.25) is 0 Å². The van der Waals surface area contributed by atoms with Gasteiger partial charge in [-0.05, 0) is 20.8 Å². The van der Waals surface area contributed by atoms with Crippen LogP contribution in [-0.2, 0) is 11.8 Å². The minimum Gasteiger partial charge on any atom is -0.444 e. The van der Waals surface area contributed by atoms with Crippen molar-refractivity contribution in [3.05, 3.63) is 18.0 Å². The first-order valence-corrected chi connectivity index (χ1v) is 6.55. The van der Waals surface area contributed by atoms with Crippen LogP contribution in [0.25, 0.3) is 0 Å². The van der Waals surface area contributed by atoms with E-state index in [9.17, 15) is 4.79 Å². The molecule has 1 aromatic rings. The van der Waals surface area contributed by atoms with Crippen molar-refractivity contribution in [1.82, 2.24) is 20.0 Å². The number of piperazine rings is 1. The van der Waals surface area contributed by atoms with Gasteiger partial charge in [-0.2, -0.15) is 5.10 Å². The number of aryl methyl sites for hydroxylation is 1. The molecule has 1 aliphatic rings. The Labute approximate surface area is 113 Å². The summed E-state index contributed by atoms with van der Waals surface area (Å²) < 4.78 is 7.17. The van der Waals surface area contributed by atoms with Crippen molar-refractivity contribution < 1.29 is 9.53 Å². The number of rotatable bonds is 1. The SMILES string of the molecule is Cn1cc(C2CN(C(=O)OC(C)(C)C)CCN2)cn1. The predicted molar refractivity (Wildman–Crippen MR) is 71.8 cm³/mol. The molecule has 0 saturated carbocycles. The van der Waals surface area contributed by atoms with E-state index in [0.717, 1.165) is 12.1 Å². The maximum atomic E-state index is 12.1. The quantitative estimate of drug-likeness (QED) is 0.832. The molecule has 0 radical (unpaired) electrons.